The molecule has 0 aliphatic heterocycles. The first-order valence-corrected chi connectivity index (χ1v) is 15.9. The summed E-state index contributed by atoms with van der Waals surface area (Å²) < 4.78 is 1.30. The second-order valence-corrected chi connectivity index (χ2v) is 13.5. The van der Waals surface area contributed by atoms with E-state index in [-0.39, 0.29) is 10.8 Å². The largest absolute Gasteiger partial charge is 0.377 e. The first-order chi connectivity index (χ1) is 16.3. The number of alkyl halides is 1. The fraction of sp³-hybridized carbons (Fsp3) is 0.839. The summed E-state index contributed by atoms with van der Waals surface area (Å²) in [7, 11) is 0. The highest BCUT2D eigenvalue weighted by Crippen LogP contribution is 2.67. The zero-order valence-corrected chi connectivity index (χ0v) is 23.9. The van der Waals surface area contributed by atoms with Gasteiger partial charge in [-0.2, -0.15) is 0 Å². The summed E-state index contributed by atoms with van der Waals surface area (Å²) in [5, 5.41) is 11.8. The summed E-state index contributed by atoms with van der Waals surface area (Å²) in [4.78, 5) is 12.1. The number of ketones is 1. The van der Waals surface area contributed by atoms with Crippen LogP contribution >= 0.6 is 22.6 Å². The molecule has 0 bridgehead atoms. The van der Waals surface area contributed by atoms with Crippen LogP contribution in [0.1, 0.15) is 123 Å². The number of allylic oxidation sites excluding steroid dienone is 1. The molecule has 0 radical (unpaired) electrons. The van der Waals surface area contributed by atoms with Gasteiger partial charge in [-0.25, -0.2) is 0 Å². The van der Waals surface area contributed by atoms with Crippen LogP contribution in [-0.2, 0) is 4.79 Å². The van der Waals surface area contributed by atoms with E-state index in [0.717, 1.165) is 44.9 Å². The number of rotatable bonds is 9. The van der Waals surface area contributed by atoms with Crippen LogP contribution in [0.25, 0.3) is 0 Å². The topological polar surface area (TPSA) is 37.3 Å². The summed E-state index contributed by atoms with van der Waals surface area (Å²) >= 11 is 2.47. The third-order valence-electron chi connectivity index (χ3n) is 10.6. The molecular weight excluding hydrogens is 531 g/mol. The Balaban J connectivity index is 1.30. The van der Waals surface area contributed by atoms with Crippen molar-refractivity contribution in [1.29, 1.82) is 0 Å². The molecule has 0 spiro atoms. The molecule has 4 rings (SSSR count). The van der Waals surface area contributed by atoms with Gasteiger partial charge in [-0.1, -0.05) is 86.5 Å². The molecule has 0 unspecified atom stereocenters. The van der Waals surface area contributed by atoms with Crippen LogP contribution in [0.5, 0.6) is 0 Å². The van der Waals surface area contributed by atoms with Crippen LogP contribution < -0.4 is 0 Å². The summed E-state index contributed by atoms with van der Waals surface area (Å²) in [5.41, 5.74) is 0.768. The highest BCUT2D eigenvalue weighted by Gasteiger charge is 2.63. The Kier molecular flexibility index (Phi) is 8.93. The normalized spacial score (nSPS) is 38.9. The van der Waals surface area contributed by atoms with Crippen LogP contribution in [0.3, 0.4) is 0 Å². The lowest BCUT2D eigenvalue weighted by molar-refractivity contribution is -0.119. The van der Waals surface area contributed by atoms with Crippen LogP contribution in [0.4, 0.5) is 0 Å². The number of carbonyl (C=O) groups excluding carboxylic acids is 1. The lowest BCUT2D eigenvalue weighted by Crippen LogP contribution is -2.54. The summed E-state index contributed by atoms with van der Waals surface area (Å²) in [6.45, 7) is 4.79. The van der Waals surface area contributed by atoms with E-state index in [0.29, 0.717) is 23.5 Å². The predicted octanol–water partition coefficient (Wildman–Crippen LogP) is 8.20. The fourth-order valence-electron chi connectivity index (χ4n) is 8.36. The maximum absolute atomic E-state index is 12.1. The van der Waals surface area contributed by atoms with Crippen LogP contribution in [0.2, 0.25) is 0 Å². The van der Waals surface area contributed by atoms with Gasteiger partial charge in [0, 0.05) is 18.3 Å². The molecule has 0 aromatic rings. The van der Waals surface area contributed by atoms with E-state index in [9.17, 15) is 9.90 Å². The van der Waals surface area contributed by atoms with Gasteiger partial charge in [-0.05, 0) is 91.5 Å². The Labute approximate surface area is 222 Å². The van der Waals surface area contributed by atoms with Gasteiger partial charge in [0.2, 0.25) is 0 Å². The van der Waals surface area contributed by atoms with Gasteiger partial charge in [0.1, 0.15) is 5.60 Å². The Bertz CT molecular complexity index is 821. The van der Waals surface area contributed by atoms with Gasteiger partial charge in [0.05, 0.1) is 0 Å². The zero-order valence-electron chi connectivity index (χ0n) is 21.8. The zero-order chi connectivity index (χ0) is 24.2. The van der Waals surface area contributed by atoms with Crippen LogP contribution in [-0.4, -0.2) is 20.9 Å². The Hall–Kier alpha value is -0.340. The van der Waals surface area contributed by atoms with E-state index >= 15 is 0 Å². The Morgan fingerprint density at radius 2 is 1.59 bits per heavy atom. The standard InChI is InChI=1S/C31H47IO2/c1-29-19-15-25(33)23-24(29)13-14-26-27(29)16-20-30(2)28(26)17-21-31(30,34)18-11-9-7-5-3-4-6-8-10-12-22-32/h23,26-28,34H,3-10,12-17,19-22H2,1-2H3/t26-,27+,28+,29+,30+,31+/m1/s1. The van der Waals surface area contributed by atoms with Crippen molar-refractivity contribution in [2.24, 2.45) is 28.6 Å². The molecule has 3 heteroatoms. The van der Waals surface area contributed by atoms with Crippen molar-refractivity contribution < 1.29 is 9.90 Å². The molecule has 1 N–H and O–H groups in total. The highest BCUT2D eigenvalue weighted by molar-refractivity contribution is 14.1. The van der Waals surface area contributed by atoms with Crippen molar-refractivity contribution in [3.63, 3.8) is 0 Å². The summed E-state index contributed by atoms with van der Waals surface area (Å²) in [6.07, 6.45) is 21.9. The Morgan fingerprint density at radius 1 is 0.912 bits per heavy atom. The molecule has 0 aromatic carbocycles. The van der Waals surface area contributed by atoms with E-state index in [2.05, 4.69) is 48.3 Å². The van der Waals surface area contributed by atoms with Crippen molar-refractivity contribution in [2.45, 2.75) is 129 Å². The third-order valence-corrected chi connectivity index (χ3v) is 11.4. The summed E-state index contributed by atoms with van der Waals surface area (Å²) in [5.74, 6) is 9.14. The average Bonchev–Trinajstić information content (AvgIpc) is 3.09. The SMILES string of the molecule is C[C@]12CCC(=O)C=C1CC[C@@H]1[C@@H]2CC[C@@]2(C)[C@H]1CC[C@@]2(O)C#CCCCCCCCCCCI. The van der Waals surface area contributed by atoms with Crippen molar-refractivity contribution in [2.75, 3.05) is 4.43 Å². The molecule has 0 heterocycles. The van der Waals surface area contributed by atoms with Crippen molar-refractivity contribution in [3.05, 3.63) is 11.6 Å². The number of halogens is 1. The van der Waals surface area contributed by atoms with Crippen molar-refractivity contribution in [1.82, 2.24) is 0 Å². The van der Waals surface area contributed by atoms with Gasteiger partial charge < -0.3 is 5.11 Å². The predicted molar refractivity (Wildman–Crippen MR) is 150 cm³/mol. The highest BCUT2D eigenvalue weighted by atomic mass is 127. The lowest BCUT2D eigenvalue weighted by atomic mass is 9.46. The molecule has 0 amide bonds. The van der Waals surface area contributed by atoms with Gasteiger partial charge in [0.15, 0.2) is 5.78 Å². The number of hydrogen-bond acceptors (Lipinski definition) is 2. The van der Waals surface area contributed by atoms with Gasteiger partial charge in [-0.3, -0.25) is 4.79 Å². The number of unbranched alkanes of at least 4 members (excludes halogenated alkanes) is 8. The van der Waals surface area contributed by atoms with Crippen molar-refractivity contribution >= 4 is 28.4 Å². The molecule has 0 aromatic heterocycles. The van der Waals surface area contributed by atoms with E-state index in [1.165, 1.54) is 74.2 Å². The first kappa shape index (κ1) is 26.7. The minimum Gasteiger partial charge on any atom is -0.377 e. The van der Waals surface area contributed by atoms with Crippen LogP contribution in [0, 0.1) is 40.4 Å². The maximum Gasteiger partial charge on any atom is 0.155 e. The Morgan fingerprint density at radius 3 is 2.32 bits per heavy atom. The van der Waals surface area contributed by atoms with Gasteiger partial charge >= 0.3 is 0 Å². The second-order valence-electron chi connectivity index (χ2n) is 12.4. The minimum absolute atomic E-state index is 0.0683. The molecule has 6 atom stereocenters. The molecule has 2 nitrogen and oxygen atoms in total. The van der Waals surface area contributed by atoms with Gasteiger partial charge in [0.25, 0.3) is 0 Å². The van der Waals surface area contributed by atoms with E-state index in [4.69, 9.17) is 0 Å². The molecule has 4 aliphatic carbocycles. The number of hydrogen-bond donors (Lipinski definition) is 1. The molecule has 34 heavy (non-hydrogen) atoms. The smallest absolute Gasteiger partial charge is 0.155 e. The van der Waals surface area contributed by atoms with Gasteiger partial charge in [-0.15, -0.1) is 5.92 Å². The number of aliphatic hydroxyl groups is 1. The molecular formula is C31H47IO2. The summed E-state index contributed by atoms with van der Waals surface area (Å²) in [6, 6.07) is 0. The second kappa shape index (κ2) is 11.4. The molecule has 190 valence electrons. The van der Waals surface area contributed by atoms with Crippen LogP contribution in [0.15, 0.2) is 11.6 Å². The van der Waals surface area contributed by atoms with Crippen molar-refractivity contribution in [3.8, 4) is 11.8 Å². The number of carbonyl (C=O) groups is 1. The van der Waals surface area contributed by atoms with E-state index < -0.39 is 5.60 Å². The quantitative estimate of drug-likeness (QED) is 0.130. The molecule has 0 saturated heterocycles. The van der Waals surface area contributed by atoms with E-state index in [1.54, 1.807) is 0 Å². The lowest BCUT2D eigenvalue weighted by Gasteiger charge is -2.58. The van der Waals surface area contributed by atoms with E-state index in [1.807, 2.05) is 6.08 Å². The molecule has 4 aliphatic rings. The minimum atomic E-state index is -0.805. The molecule has 3 fully saturated rings. The molecule has 3 saturated carbocycles. The fourth-order valence-corrected chi connectivity index (χ4v) is 8.90. The average molecular weight is 579 g/mol. The number of fused-ring (bicyclic) bond motifs is 5. The third kappa shape index (κ3) is 5.20. The monoisotopic (exact) mass is 578 g/mol. The first-order valence-electron chi connectivity index (χ1n) is 14.4. The maximum atomic E-state index is 12.1.